The Morgan fingerprint density at radius 1 is 1.33 bits per heavy atom. The van der Waals surface area contributed by atoms with Crippen molar-refractivity contribution in [2.24, 2.45) is 0 Å². The molecule has 0 fully saturated rings. The first-order valence-electron chi connectivity index (χ1n) is 8.62. The quantitative estimate of drug-likeness (QED) is 0.751. The first-order valence-corrected chi connectivity index (χ1v) is 10.1. The van der Waals surface area contributed by atoms with Gasteiger partial charge in [-0.15, -0.1) is 0 Å². The van der Waals surface area contributed by atoms with Gasteiger partial charge in [0.15, 0.2) is 0 Å². The largest absolute Gasteiger partial charge is 0.495 e. The minimum atomic E-state index is -3.82. The number of rotatable bonds is 7. The number of carbonyl (C=O) groups is 1. The molecule has 2 rings (SSSR count). The van der Waals surface area contributed by atoms with E-state index in [4.69, 9.17) is 4.74 Å². The molecular weight excluding hydrogens is 368 g/mol. The molecule has 2 aromatic rings. The molecule has 1 unspecified atom stereocenters. The molecule has 0 saturated heterocycles. The maximum atomic E-state index is 12.9. The highest BCUT2D eigenvalue weighted by Gasteiger charge is 2.24. The molecule has 9 heteroatoms. The van der Waals surface area contributed by atoms with Crippen molar-refractivity contribution < 1.29 is 17.9 Å². The van der Waals surface area contributed by atoms with E-state index in [2.05, 4.69) is 15.1 Å². The summed E-state index contributed by atoms with van der Waals surface area (Å²) in [6.45, 7) is 9.61. The Balaban J connectivity index is 2.36. The molecule has 0 saturated carbocycles. The molecule has 0 aliphatic heterocycles. The van der Waals surface area contributed by atoms with E-state index in [1.54, 1.807) is 6.92 Å². The first kappa shape index (κ1) is 20.9. The van der Waals surface area contributed by atoms with Crippen molar-refractivity contribution in [3.05, 3.63) is 35.2 Å². The van der Waals surface area contributed by atoms with Gasteiger partial charge in [-0.25, -0.2) is 13.1 Å². The monoisotopic (exact) mass is 394 g/mol. The zero-order valence-electron chi connectivity index (χ0n) is 16.5. The number of aromatic nitrogens is 2. The van der Waals surface area contributed by atoms with E-state index >= 15 is 0 Å². The molecule has 27 heavy (non-hydrogen) atoms. The molecule has 1 atom stereocenters. The number of anilines is 1. The Morgan fingerprint density at radius 3 is 2.52 bits per heavy atom. The highest BCUT2D eigenvalue weighted by molar-refractivity contribution is 7.89. The smallest absolute Gasteiger partial charge is 0.241 e. The summed E-state index contributed by atoms with van der Waals surface area (Å²) in [5.41, 5.74) is 2.87. The summed E-state index contributed by atoms with van der Waals surface area (Å²) in [5, 5.41) is 7.02. The van der Waals surface area contributed by atoms with Crippen LogP contribution >= 0.6 is 0 Å². The molecule has 1 aromatic heterocycles. The Morgan fingerprint density at radius 2 is 2.00 bits per heavy atom. The number of sulfonamides is 1. The predicted molar refractivity (Wildman–Crippen MR) is 103 cm³/mol. The normalized spacial score (nSPS) is 12.7. The van der Waals surface area contributed by atoms with Crippen LogP contribution in [0.4, 0.5) is 5.69 Å². The van der Waals surface area contributed by atoms with Gasteiger partial charge in [0.25, 0.3) is 0 Å². The van der Waals surface area contributed by atoms with Gasteiger partial charge in [-0.2, -0.15) is 5.10 Å². The summed E-state index contributed by atoms with van der Waals surface area (Å²) in [4.78, 5) is 11.4. The number of hydrogen-bond donors (Lipinski definition) is 2. The van der Waals surface area contributed by atoms with Crippen molar-refractivity contribution in [2.45, 2.75) is 52.1 Å². The van der Waals surface area contributed by atoms with Crippen LogP contribution in [0.25, 0.3) is 0 Å². The summed E-state index contributed by atoms with van der Waals surface area (Å²) < 4.78 is 35.4. The van der Waals surface area contributed by atoms with Crippen molar-refractivity contribution in [2.75, 3.05) is 12.4 Å². The number of nitrogens with one attached hydrogen (secondary N) is 2. The Hall–Kier alpha value is -2.39. The Kier molecular flexibility index (Phi) is 6.27. The van der Waals surface area contributed by atoms with E-state index in [0.29, 0.717) is 18.0 Å². The summed E-state index contributed by atoms with van der Waals surface area (Å²) in [6, 6.07) is 3.87. The average Bonchev–Trinajstić information content (AvgIpc) is 2.87. The van der Waals surface area contributed by atoms with E-state index < -0.39 is 16.1 Å². The van der Waals surface area contributed by atoms with E-state index in [0.717, 1.165) is 17.0 Å². The maximum Gasteiger partial charge on any atom is 0.241 e. The fourth-order valence-corrected chi connectivity index (χ4v) is 4.39. The molecule has 0 bridgehead atoms. The van der Waals surface area contributed by atoms with Crippen LogP contribution in [0.2, 0.25) is 0 Å². The predicted octanol–water partition coefficient (Wildman–Crippen LogP) is 2.53. The molecule has 1 amide bonds. The topological polar surface area (TPSA) is 102 Å². The van der Waals surface area contributed by atoms with Gasteiger partial charge in [0.2, 0.25) is 15.9 Å². The van der Waals surface area contributed by atoms with E-state index in [1.165, 1.54) is 32.2 Å². The summed E-state index contributed by atoms with van der Waals surface area (Å²) in [7, 11) is -2.37. The molecule has 0 aliphatic rings. The van der Waals surface area contributed by atoms with Crippen molar-refractivity contribution in [1.82, 2.24) is 14.5 Å². The minimum Gasteiger partial charge on any atom is -0.495 e. The molecule has 148 valence electrons. The van der Waals surface area contributed by atoms with Crippen molar-refractivity contribution >= 4 is 21.6 Å². The standard InChI is InChI=1S/C18H26N4O4S/c1-7-22-13(4)18(11(2)20-22)12(3)21-27(24,25)15-8-9-17(26-6)16(10-15)19-14(5)23/h8-10,12,21H,7H2,1-6H3,(H,19,23). The van der Waals surface area contributed by atoms with Gasteiger partial charge in [-0.3, -0.25) is 9.48 Å². The number of nitrogens with zero attached hydrogens (tertiary/aromatic N) is 2. The number of methoxy groups -OCH3 is 1. The van der Waals surface area contributed by atoms with Crippen LogP contribution in [-0.2, 0) is 21.4 Å². The summed E-state index contributed by atoms with van der Waals surface area (Å²) in [6.07, 6.45) is 0. The van der Waals surface area contributed by atoms with Crippen molar-refractivity contribution in [3.63, 3.8) is 0 Å². The number of amides is 1. The SMILES string of the molecule is CCn1nc(C)c(C(C)NS(=O)(=O)c2ccc(OC)c(NC(C)=O)c2)c1C. The lowest BCUT2D eigenvalue weighted by molar-refractivity contribution is -0.114. The van der Waals surface area contributed by atoms with Crippen LogP contribution in [0, 0.1) is 13.8 Å². The number of aryl methyl sites for hydroxylation is 2. The lowest BCUT2D eigenvalue weighted by Gasteiger charge is -2.17. The molecule has 0 spiro atoms. The summed E-state index contributed by atoms with van der Waals surface area (Å²) >= 11 is 0. The van der Waals surface area contributed by atoms with Gasteiger partial charge in [0.05, 0.1) is 23.4 Å². The van der Waals surface area contributed by atoms with Crippen LogP contribution in [0.1, 0.15) is 43.8 Å². The number of hydrogen-bond acceptors (Lipinski definition) is 5. The Labute approximate surface area is 160 Å². The van der Waals surface area contributed by atoms with Crippen molar-refractivity contribution in [3.8, 4) is 5.75 Å². The minimum absolute atomic E-state index is 0.0390. The van der Waals surface area contributed by atoms with Gasteiger partial charge in [-0.05, 0) is 45.9 Å². The first-order chi connectivity index (χ1) is 12.6. The van der Waals surface area contributed by atoms with Crippen LogP contribution < -0.4 is 14.8 Å². The van der Waals surface area contributed by atoms with Crippen LogP contribution in [0.5, 0.6) is 5.75 Å². The van der Waals surface area contributed by atoms with Gasteiger partial charge >= 0.3 is 0 Å². The third-order valence-electron chi connectivity index (χ3n) is 4.29. The zero-order valence-corrected chi connectivity index (χ0v) is 17.3. The second kappa shape index (κ2) is 8.10. The van der Waals surface area contributed by atoms with Crippen LogP contribution in [0.15, 0.2) is 23.1 Å². The molecule has 0 aliphatic carbocycles. The van der Waals surface area contributed by atoms with Gasteiger partial charge < -0.3 is 10.1 Å². The highest BCUT2D eigenvalue weighted by atomic mass is 32.2. The van der Waals surface area contributed by atoms with Gasteiger partial charge in [0.1, 0.15) is 5.75 Å². The lowest BCUT2D eigenvalue weighted by Crippen LogP contribution is -2.27. The van der Waals surface area contributed by atoms with Crippen molar-refractivity contribution in [1.29, 1.82) is 0 Å². The maximum absolute atomic E-state index is 12.9. The van der Waals surface area contributed by atoms with E-state index in [1.807, 2.05) is 25.5 Å². The molecular formula is C18H26N4O4S. The second-order valence-electron chi connectivity index (χ2n) is 6.29. The van der Waals surface area contributed by atoms with Gasteiger partial charge in [0, 0.05) is 30.8 Å². The fraction of sp³-hybridized carbons (Fsp3) is 0.444. The average molecular weight is 394 g/mol. The lowest BCUT2D eigenvalue weighted by atomic mass is 10.1. The number of carbonyl (C=O) groups excluding carboxylic acids is 1. The highest BCUT2D eigenvalue weighted by Crippen LogP contribution is 2.29. The second-order valence-corrected chi connectivity index (χ2v) is 8.00. The Bertz CT molecular complexity index is 951. The third-order valence-corrected chi connectivity index (χ3v) is 5.83. The number of benzene rings is 1. The third kappa shape index (κ3) is 4.48. The zero-order chi connectivity index (χ0) is 20.4. The van der Waals surface area contributed by atoms with Gasteiger partial charge in [-0.1, -0.05) is 0 Å². The van der Waals surface area contributed by atoms with Crippen LogP contribution in [0.3, 0.4) is 0 Å². The molecule has 0 radical (unpaired) electrons. The van der Waals surface area contributed by atoms with E-state index in [-0.39, 0.29) is 10.8 Å². The number of ether oxygens (including phenoxy) is 1. The molecule has 2 N–H and O–H groups in total. The molecule has 1 heterocycles. The van der Waals surface area contributed by atoms with Crippen LogP contribution in [-0.4, -0.2) is 31.2 Å². The van der Waals surface area contributed by atoms with E-state index in [9.17, 15) is 13.2 Å². The molecule has 1 aromatic carbocycles. The fourth-order valence-electron chi connectivity index (χ4n) is 3.15. The summed E-state index contributed by atoms with van der Waals surface area (Å²) in [5.74, 6) is 0.0653. The molecule has 8 nitrogen and oxygen atoms in total.